The Morgan fingerprint density at radius 1 is 1.33 bits per heavy atom. The third-order valence-electron chi connectivity index (χ3n) is 4.51. The average Bonchev–Trinajstić information content (AvgIpc) is 3.25. The number of ether oxygens (including phenoxy) is 2. The molecule has 1 aromatic carbocycles. The Labute approximate surface area is 144 Å². The fourth-order valence-electron chi connectivity index (χ4n) is 3.25. The van der Waals surface area contributed by atoms with Crippen LogP contribution in [0.25, 0.3) is 0 Å². The minimum Gasteiger partial charge on any atom is -0.494 e. The molecule has 1 saturated heterocycles. The van der Waals surface area contributed by atoms with Gasteiger partial charge in [-0.2, -0.15) is 5.10 Å². The molecule has 5 heteroatoms. The summed E-state index contributed by atoms with van der Waals surface area (Å²) in [5.41, 5.74) is 2.39. The number of aromatic nitrogens is 2. The van der Waals surface area contributed by atoms with Crippen LogP contribution in [0.15, 0.2) is 36.7 Å². The molecular formula is C19H27N3O2. The van der Waals surface area contributed by atoms with Gasteiger partial charge in [-0.1, -0.05) is 18.2 Å². The number of benzene rings is 1. The Balaban J connectivity index is 1.56. The Morgan fingerprint density at radius 2 is 2.21 bits per heavy atom. The van der Waals surface area contributed by atoms with Gasteiger partial charge in [-0.25, -0.2) is 0 Å². The van der Waals surface area contributed by atoms with Crippen LogP contribution in [-0.4, -0.2) is 29.5 Å². The molecule has 2 heterocycles. The first-order valence-electron chi connectivity index (χ1n) is 8.87. The lowest BCUT2D eigenvalue weighted by atomic mass is 9.97. The maximum atomic E-state index is 5.96. The maximum absolute atomic E-state index is 5.96. The fraction of sp³-hybridized carbons (Fsp3) is 0.526. The zero-order chi connectivity index (χ0) is 16.8. The van der Waals surface area contributed by atoms with Crippen molar-refractivity contribution in [2.45, 2.75) is 39.5 Å². The van der Waals surface area contributed by atoms with Gasteiger partial charge in [-0.15, -0.1) is 0 Å². The van der Waals surface area contributed by atoms with E-state index in [-0.39, 0.29) is 6.10 Å². The molecule has 0 saturated carbocycles. The van der Waals surface area contributed by atoms with E-state index in [2.05, 4.69) is 35.7 Å². The number of para-hydroxylation sites is 1. The van der Waals surface area contributed by atoms with Crippen LogP contribution in [-0.2, 0) is 17.8 Å². The fourth-order valence-corrected chi connectivity index (χ4v) is 3.25. The highest BCUT2D eigenvalue weighted by Gasteiger charge is 2.30. The SMILES string of the molecule is CCOc1ccccc1CNCC1CCOC1c1cnn(CC)c1. The number of aryl methyl sites for hydroxylation is 1. The second kappa shape index (κ2) is 8.31. The molecule has 1 aromatic heterocycles. The largest absolute Gasteiger partial charge is 0.494 e. The molecule has 2 aromatic rings. The molecule has 1 N–H and O–H groups in total. The van der Waals surface area contributed by atoms with Crippen LogP contribution in [0.2, 0.25) is 0 Å². The van der Waals surface area contributed by atoms with E-state index in [1.807, 2.05) is 29.9 Å². The van der Waals surface area contributed by atoms with E-state index in [0.717, 1.165) is 38.4 Å². The van der Waals surface area contributed by atoms with E-state index in [0.29, 0.717) is 12.5 Å². The van der Waals surface area contributed by atoms with Crippen LogP contribution < -0.4 is 10.1 Å². The molecule has 0 radical (unpaired) electrons. The molecule has 2 unspecified atom stereocenters. The lowest BCUT2D eigenvalue weighted by Crippen LogP contribution is -2.24. The predicted molar refractivity (Wildman–Crippen MR) is 94.0 cm³/mol. The smallest absolute Gasteiger partial charge is 0.123 e. The summed E-state index contributed by atoms with van der Waals surface area (Å²) in [5, 5.41) is 7.95. The van der Waals surface area contributed by atoms with Crippen molar-refractivity contribution in [3.8, 4) is 5.75 Å². The number of nitrogens with zero attached hydrogens (tertiary/aromatic N) is 2. The number of rotatable bonds is 8. The van der Waals surface area contributed by atoms with Crippen LogP contribution in [0.3, 0.4) is 0 Å². The molecule has 0 amide bonds. The zero-order valence-electron chi connectivity index (χ0n) is 14.6. The molecule has 1 fully saturated rings. The Bertz CT molecular complexity index is 641. The van der Waals surface area contributed by atoms with Gasteiger partial charge < -0.3 is 14.8 Å². The van der Waals surface area contributed by atoms with E-state index in [1.165, 1.54) is 11.1 Å². The Morgan fingerprint density at radius 3 is 3.00 bits per heavy atom. The third-order valence-corrected chi connectivity index (χ3v) is 4.51. The van der Waals surface area contributed by atoms with Gasteiger partial charge in [0, 0.05) is 49.5 Å². The Hall–Kier alpha value is -1.85. The first-order chi connectivity index (χ1) is 11.8. The van der Waals surface area contributed by atoms with Crippen molar-refractivity contribution in [1.82, 2.24) is 15.1 Å². The summed E-state index contributed by atoms with van der Waals surface area (Å²) in [4.78, 5) is 0. The molecule has 0 aliphatic carbocycles. The summed E-state index contributed by atoms with van der Waals surface area (Å²) < 4.78 is 13.6. The highest BCUT2D eigenvalue weighted by molar-refractivity contribution is 5.33. The van der Waals surface area contributed by atoms with Gasteiger partial charge in [0.2, 0.25) is 0 Å². The van der Waals surface area contributed by atoms with Gasteiger partial charge in [-0.05, 0) is 26.3 Å². The summed E-state index contributed by atoms with van der Waals surface area (Å²) in [6.45, 7) is 8.27. The number of hydrogen-bond donors (Lipinski definition) is 1. The average molecular weight is 329 g/mol. The zero-order valence-corrected chi connectivity index (χ0v) is 14.6. The first kappa shape index (κ1) is 17.0. The topological polar surface area (TPSA) is 48.3 Å². The van der Waals surface area contributed by atoms with E-state index >= 15 is 0 Å². The molecule has 2 atom stereocenters. The normalized spacial score (nSPS) is 20.4. The molecule has 3 rings (SSSR count). The van der Waals surface area contributed by atoms with Gasteiger partial charge in [0.15, 0.2) is 0 Å². The summed E-state index contributed by atoms with van der Waals surface area (Å²) in [6, 6.07) is 8.22. The minimum atomic E-state index is 0.153. The number of nitrogens with one attached hydrogen (secondary N) is 1. The van der Waals surface area contributed by atoms with Crippen LogP contribution in [0, 0.1) is 5.92 Å². The highest BCUT2D eigenvalue weighted by atomic mass is 16.5. The van der Waals surface area contributed by atoms with Crippen LogP contribution in [0.4, 0.5) is 0 Å². The maximum Gasteiger partial charge on any atom is 0.123 e. The van der Waals surface area contributed by atoms with Gasteiger partial charge in [-0.3, -0.25) is 4.68 Å². The summed E-state index contributed by atoms with van der Waals surface area (Å²) in [5.74, 6) is 1.45. The molecule has 0 spiro atoms. The van der Waals surface area contributed by atoms with Gasteiger partial charge in [0.05, 0.1) is 18.9 Å². The second-order valence-corrected chi connectivity index (χ2v) is 6.14. The minimum absolute atomic E-state index is 0.153. The molecule has 5 nitrogen and oxygen atoms in total. The monoisotopic (exact) mass is 329 g/mol. The third kappa shape index (κ3) is 3.97. The van der Waals surface area contributed by atoms with Crippen molar-refractivity contribution in [3.05, 3.63) is 47.8 Å². The van der Waals surface area contributed by atoms with Crippen molar-refractivity contribution >= 4 is 0 Å². The summed E-state index contributed by atoms with van der Waals surface area (Å²) >= 11 is 0. The van der Waals surface area contributed by atoms with Gasteiger partial charge in [0.25, 0.3) is 0 Å². The second-order valence-electron chi connectivity index (χ2n) is 6.14. The lowest BCUT2D eigenvalue weighted by molar-refractivity contribution is 0.0903. The molecule has 0 bridgehead atoms. The van der Waals surface area contributed by atoms with Crippen molar-refractivity contribution in [2.75, 3.05) is 19.8 Å². The van der Waals surface area contributed by atoms with E-state index in [1.54, 1.807) is 0 Å². The molecular weight excluding hydrogens is 302 g/mol. The van der Waals surface area contributed by atoms with Crippen molar-refractivity contribution < 1.29 is 9.47 Å². The first-order valence-corrected chi connectivity index (χ1v) is 8.87. The van der Waals surface area contributed by atoms with Crippen LogP contribution in [0.5, 0.6) is 5.75 Å². The van der Waals surface area contributed by atoms with E-state index < -0.39 is 0 Å². The molecule has 1 aliphatic rings. The summed E-state index contributed by atoms with van der Waals surface area (Å²) in [6.07, 6.45) is 5.28. The molecule has 130 valence electrons. The quantitative estimate of drug-likeness (QED) is 0.808. The molecule has 1 aliphatic heterocycles. The standard InChI is InChI=1S/C19H27N3O2/c1-3-22-14-17(13-21-22)19-16(9-10-24-19)12-20-11-15-7-5-6-8-18(15)23-4-2/h5-8,13-14,16,19-20H,3-4,9-12H2,1-2H3. The predicted octanol–water partition coefficient (Wildman–Crippen LogP) is 3.17. The lowest BCUT2D eigenvalue weighted by Gasteiger charge is -2.18. The summed E-state index contributed by atoms with van der Waals surface area (Å²) in [7, 11) is 0. The van der Waals surface area contributed by atoms with Gasteiger partial charge >= 0.3 is 0 Å². The highest BCUT2D eigenvalue weighted by Crippen LogP contribution is 2.34. The van der Waals surface area contributed by atoms with Crippen LogP contribution >= 0.6 is 0 Å². The van der Waals surface area contributed by atoms with Crippen molar-refractivity contribution in [3.63, 3.8) is 0 Å². The number of hydrogen-bond acceptors (Lipinski definition) is 4. The van der Waals surface area contributed by atoms with E-state index in [4.69, 9.17) is 9.47 Å². The Kier molecular flexibility index (Phi) is 5.88. The van der Waals surface area contributed by atoms with Gasteiger partial charge in [0.1, 0.15) is 5.75 Å². The van der Waals surface area contributed by atoms with Crippen molar-refractivity contribution in [1.29, 1.82) is 0 Å². The molecule has 24 heavy (non-hydrogen) atoms. The van der Waals surface area contributed by atoms with Crippen LogP contribution in [0.1, 0.15) is 37.5 Å². The van der Waals surface area contributed by atoms with E-state index in [9.17, 15) is 0 Å². The van der Waals surface area contributed by atoms with Crippen molar-refractivity contribution in [2.24, 2.45) is 5.92 Å².